The average Bonchev–Trinajstić information content (AvgIpc) is 2.95. The Labute approximate surface area is 116 Å². The van der Waals surface area contributed by atoms with Crippen LogP contribution in [0, 0.1) is 6.92 Å². The Bertz CT molecular complexity index is 747. The summed E-state index contributed by atoms with van der Waals surface area (Å²) in [4.78, 5) is 15.2. The van der Waals surface area contributed by atoms with Crippen molar-refractivity contribution in [2.24, 2.45) is 0 Å². The first kappa shape index (κ1) is 13.3. The highest BCUT2D eigenvalue weighted by Gasteiger charge is 2.22. The van der Waals surface area contributed by atoms with E-state index in [9.17, 15) is 8.42 Å². The van der Waals surface area contributed by atoms with Crippen LogP contribution in [0.15, 0.2) is 5.16 Å². The number of rotatable bonds is 3. The van der Waals surface area contributed by atoms with E-state index >= 15 is 0 Å². The van der Waals surface area contributed by atoms with Crippen LogP contribution in [0.1, 0.15) is 31.5 Å². The van der Waals surface area contributed by atoms with Gasteiger partial charge in [-0.2, -0.15) is 9.97 Å². The van der Waals surface area contributed by atoms with Gasteiger partial charge < -0.3 is 9.72 Å². The molecule has 0 atom stereocenters. The monoisotopic (exact) mass is 296 g/mol. The van der Waals surface area contributed by atoms with Gasteiger partial charge in [-0.25, -0.2) is 13.4 Å². The summed E-state index contributed by atoms with van der Waals surface area (Å²) in [5, 5.41) is -0.108. The number of aryl methyl sites for hydroxylation is 1. The number of H-pyrrole nitrogens is 1. The van der Waals surface area contributed by atoms with E-state index in [1.165, 1.54) is 0 Å². The summed E-state index contributed by atoms with van der Waals surface area (Å²) in [6.45, 7) is 1.73. The van der Waals surface area contributed by atoms with E-state index in [4.69, 9.17) is 4.74 Å². The van der Waals surface area contributed by atoms with Crippen molar-refractivity contribution >= 4 is 21.0 Å². The van der Waals surface area contributed by atoms with Gasteiger partial charge >= 0.3 is 0 Å². The molecule has 0 saturated heterocycles. The second-order valence-corrected chi connectivity index (χ2v) is 7.04. The van der Waals surface area contributed by atoms with E-state index in [1.54, 1.807) is 6.92 Å². The molecule has 2 aromatic rings. The zero-order valence-electron chi connectivity index (χ0n) is 11.4. The second kappa shape index (κ2) is 4.69. The van der Waals surface area contributed by atoms with Gasteiger partial charge in [0, 0.05) is 6.26 Å². The molecule has 2 heterocycles. The minimum atomic E-state index is -3.41. The summed E-state index contributed by atoms with van der Waals surface area (Å²) in [6.07, 6.45) is 5.53. The minimum Gasteiger partial charge on any atom is -0.473 e. The summed E-state index contributed by atoms with van der Waals surface area (Å²) >= 11 is 0. The molecule has 1 aliphatic rings. The molecule has 2 aromatic heterocycles. The van der Waals surface area contributed by atoms with Gasteiger partial charge in [-0.05, 0) is 32.6 Å². The van der Waals surface area contributed by atoms with Crippen LogP contribution in [0.4, 0.5) is 0 Å². The summed E-state index contributed by atoms with van der Waals surface area (Å²) in [5.41, 5.74) is 0.772. The number of nitrogens with one attached hydrogen (secondary N) is 1. The standard InChI is InChI=1S/C12H16N4O3S/c1-7-13-10-9(15-12(16-10)20(2,17)18)11(14-7)19-8-5-3-4-6-8/h8H,3-6H2,1-2H3,(H,13,14,15,16). The largest absolute Gasteiger partial charge is 0.473 e. The van der Waals surface area contributed by atoms with Gasteiger partial charge in [0.05, 0.1) is 0 Å². The van der Waals surface area contributed by atoms with E-state index in [2.05, 4.69) is 19.9 Å². The van der Waals surface area contributed by atoms with Crippen molar-refractivity contribution in [2.45, 2.75) is 43.9 Å². The molecule has 0 radical (unpaired) electrons. The molecule has 1 aliphatic carbocycles. The number of ether oxygens (including phenoxy) is 1. The third-order valence-corrected chi connectivity index (χ3v) is 4.24. The molecule has 0 aliphatic heterocycles. The van der Waals surface area contributed by atoms with Gasteiger partial charge in [-0.1, -0.05) is 0 Å². The maximum Gasteiger partial charge on any atom is 0.243 e. The maximum atomic E-state index is 11.6. The third-order valence-electron chi connectivity index (χ3n) is 3.34. The first-order valence-corrected chi connectivity index (χ1v) is 8.44. The Morgan fingerprint density at radius 2 is 1.90 bits per heavy atom. The number of fused-ring (bicyclic) bond motifs is 1. The smallest absolute Gasteiger partial charge is 0.243 e. The molecule has 1 saturated carbocycles. The van der Waals surface area contributed by atoms with Crippen molar-refractivity contribution in [1.82, 2.24) is 19.9 Å². The number of nitrogens with zero attached hydrogens (tertiary/aromatic N) is 3. The third kappa shape index (κ3) is 2.47. The average molecular weight is 296 g/mol. The topological polar surface area (TPSA) is 97.8 Å². The second-order valence-electron chi connectivity index (χ2n) is 5.11. The lowest BCUT2D eigenvalue weighted by atomic mass is 10.3. The number of imidazole rings is 1. The van der Waals surface area contributed by atoms with Crippen molar-refractivity contribution in [3.63, 3.8) is 0 Å². The van der Waals surface area contributed by atoms with E-state index in [0.717, 1.165) is 31.9 Å². The number of hydrogen-bond donors (Lipinski definition) is 1. The zero-order chi connectivity index (χ0) is 14.3. The van der Waals surface area contributed by atoms with Crippen LogP contribution in [0.2, 0.25) is 0 Å². The van der Waals surface area contributed by atoms with E-state index < -0.39 is 9.84 Å². The van der Waals surface area contributed by atoms with Crippen LogP contribution in [-0.2, 0) is 9.84 Å². The molecule has 0 unspecified atom stereocenters. The molecule has 1 N–H and O–H groups in total. The molecule has 1 fully saturated rings. The van der Waals surface area contributed by atoms with Crippen LogP contribution < -0.4 is 4.74 Å². The molecule has 0 bridgehead atoms. The van der Waals surface area contributed by atoms with Crippen molar-refractivity contribution in [3.8, 4) is 5.88 Å². The summed E-state index contributed by atoms with van der Waals surface area (Å²) < 4.78 is 29.0. The van der Waals surface area contributed by atoms with Gasteiger partial charge in [-0.15, -0.1) is 0 Å². The molecule has 8 heteroatoms. The Morgan fingerprint density at radius 1 is 1.20 bits per heavy atom. The Morgan fingerprint density at radius 3 is 2.55 bits per heavy atom. The Hall–Kier alpha value is -1.70. The predicted octanol–water partition coefficient (Wildman–Crippen LogP) is 1.39. The molecule has 7 nitrogen and oxygen atoms in total. The number of hydrogen-bond acceptors (Lipinski definition) is 6. The van der Waals surface area contributed by atoms with Gasteiger partial charge in [0.25, 0.3) is 0 Å². The molecular weight excluding hydrogens is 280 g/mol. The normalized spacial score (nSPS) is 16.9. The maximum absolute atomic E-state index is 11.6. The fraction of sp³-hybridized carbons (Fsp3) is 0.583. The van der Waals surface area contributed by atoms with Crippen molar-refractivity contribution in [3.05, 3.63) is 5.82 Å². The fourth-order valence-electron chi connectivity index (χ4n) is 2.38. The SMILES string of the molecule is Cc1nc(OC2CCCC2)c2[nH]c(S(C)(=O)=O)nc2n1. The van der Waals surface area contributed by atoms with Crippen molar-refractivity contribution < 1.29 is 13.2 Å². The lowest BCUT2D eigenvalue weighted by Gasteiger charge is -2.12. The Kier molecular flexibility index (Phi) is 3.12. The molecule has 0 amide bonds. The minimum absolute atomic E-state index is 0.108. The molecule has 20 heavy (non-hydrogen) atoms. The molecule has 0 aromatic carbocycles. The van der Waals surface area contributed by atoms with Crippen LogP contribution in [-0.4, -0.2) is 40.7 Å². The first-order chi connectivity index (χ1) is 9.43. The molecular formula is C12H16N4O3S. The molecule has 3 rings (SSSR count). The van der Waals surface area contributed by atoms with E-state index in [-0.39, 0.29) is 11.3 Å². The number of sulfone groups is 1. The van der Waals surface area contributed by atoms with Gasteiger partial charge in [0.2, 0.25) is 20.9 Å². The van der Waals surface area contributed by atoms with Crippen molar-refractivity contribution in [2.75, 3.05) is 6.26 Å². The van der Waals surface area contributed by atoms with E-state index in [1.807, 2.05) is 0 Å². The quantitative estimate of drug-likeness (QED) is 0.919. The highest BCUT2D eigenvalue weighted by atomic mass is 32.2. The Balaban J connectivity index is 2.07. The van der Waals surface area contributed by atoms with Crippen LogP contribution in [0.5, 0.6) is 5.88 Å². The first-order valence-electron chi connectivity index (χ1n) is 6.54. The fourth-order valence-corrected chi connectivity index (χ4v) is 2.92. The summed E-state index contributed by atoms with van der Waals surface area (Å²) in [5.74, 6) is 0.902. The zero-order valence-corrected chi connectivity index (χ0v) is 12.2. The van der Waals surface area contributed by atoms with E-state index in [0.29, 0.717) is 22.9 Å². The molecule has 108 valence electrons. The van der Waals surface area contributed by atoms with Crippen molar-refractivity contribution in [1.29, 1.82) is 0 Å². The van der Waals surface area contributed by atoms with Crippen LogP contribution >= 0.6 is 0 Å². The highest BCUT2D eigenvalue weighted by molar-refractivity contribution is 7.90. The summed E-state index contributed by atoms with van der Waals surface area (Å²) in [7, 11) is -3.41. The number of aromatic nitrogens is 4. The lowest BCUT2D eigenvalue weighted by molar-refractivity contribution is 0.203. The lowest BCUT2D eigenvalue weighted by Crippen LogP contribution is -2.12. The van der Waals surface area contributed by atoms with Crippen LogP contribution in [0.3, 0.4) is 0 Å². The van der Waals surface area contributed by atoms with Crippen LogP contribution in [0.25, 0.3) is 11.2 Å². The summed E-state index contributed by atoms with van der Waals surface area (Å²) in [6, 6.07) is 0. The van der Waals surface area contributed by atoms with Gasteiger partial charge in [0.15, 0.2) is 5.65 Å². The van der Waals surface area contributed by atoms with Gasteiger partial charge in [-0.3, -0.25) is 0 Å². The number of aromatic amines is 1. The molecule has 0 spiro atoms. The predicted molar refractivity (Wildman–Crippen MR) is 72.4 cm³/mol. The van der Waals surface area contributed by atoms with Gasteiger partial charge in [0.1, 0.15) is 17.4 Å². The highest BCUT2D eigenvalue weighted by Crippen LogP contribution is 2.27.